The first-order valence-corrected chi connectivity index (χ1v) is 6.72. The Bertz CT molecular complexity index is 399. The maximum absolute atomic E-state index is 11.6. The lowest BCUT2D eigenvalue weighted by atomic mass is 10.1. The molecule has 94 valence electrons. The van der Waals surface area contributed by atoms with Crippen molar-refractivity contribution < 1.29 is 9.53 Å². The van der Waals surface area contributed by atoms with Gasteiger partial charge in [0.2, 0.25) is 0 Å². The fourth-order valence-corrected chi connectivity index (χ4v) is 2.81. The quantitative estimate of drug-likeness (QED) is 0.835. The van der Waals surface area contributed by atoms with E-state index in [0.29, 0.717) is 11.5 Å². The molecule has 0 amide bonds. The highest BCUT2D eigenvalue weighted by molar-refractivity contribution is 7.18. The molecule has 0 unspecified atom stereocenters. The topological polar surface area (TPSA) is 68.5 Å². The Kier molecular flexibility index (Phi) is 3.83. The SMILES string of the molecule is CCOC(=O)c1sc(N2CCCCC2)nc1N. The lowest BCUT2D eigenvalue weighted by molar-refractivity contribution is 0.0533. The van der Waals surface area contributed by atoms with Gasteiger partial charge in [0.05, 0.1) is 6.61 Å². The minimum atomic E-state index is -0.370. The fourth-order valence-electron chi connectivity index (χ4n) is 1.88. The van der Waals surface area contributed by atoms with Crippen molar-refractivity contribution in [2.75, 3.05) is 30.3 Å². The van der Waals surface area contributed by atoms with Crippen LogP contribution in [0.15, 0.2) is 0 Å². The molecule has 1 aliphatic rings. The van der Waals surface area contributed by atoms with E-state index in [0.717, 1.165) is 18.2 Å². The van der Waals surface area contributed by atoms with Crippen LogP contribution in [0.5, 0.6) is 0 Å². The molecule has 1 saturated heterocycles. The van der Waals surface area contributed by atoms with E-state index >= 15 is 0 Å². The highest BCUT2D eigenvalue weighted by Crippen LogP contribution is 2.30. The van der Waals surface area contributed by atoms with Crippen LogP contribution < -0.4 is 10.6 Å². The zero-order chi connectivity index (χ0) is 12.3. The molecule has 1 fully saturated rings. The number of aromatic nitrogens is 1. The van der Waals surface area contributed by atoms with Gasteiger partial charge in [-0.05, 0) is 26.2 Å². The first-order valence-electron chi connectivity index (χ1n) is 5.90. The number of piperidine rings is 1. The van der Waals surface area contributed by atoms with E-state index in [9.17, 15) is 4.79 Å². The summed E-state index contributed by atoms with van der Waals surface area (Å²) in [5.41, 5.74) is 5.75. The number of hydrogen-bond acceptors (Lipinski definition) is 6. The zero-order valence-electron chi connectivity index (χ0n) is 9.94. The molecule has 0 spiro atoms. The molecule has 5 nitrogen and oxygen atoms in total. The zero-order valence-corrected chi connectivity index (χ0v) is 10.8. The van der Waals surface area contributed by atoms with Crippen molar-refractivity contribution in [1.29, 1.82) is 0 Å². The minimum absolute atomic E-state index is 0.286. The Morgan fingerprint density at radius 3 is 2.82 bits per heavy atom. The third kappa shape index (κ3) is 2.69. The number of nitrogen functional groups attached to an aromatic ring is 1. The van der Waals surface area contributed by atoms with E-state index in [-0.39, 0.29) is 11.8 Å². The monoisotopic (exact) mass is 255 g/mol. The van der Waals surface area contributed by atoms with Gasteiger partial charge in [0, 0.05) is 13.1 Å². The molecule has 0 aromatic carbocycles. The summed E-state index contributed by atoms with van der Waals surface area (Å²) in [6.07, 6.45) is 3.62. The van der Waals surface area contributed by atoms with Gasteiger partial charge in [-0.1, -0.05) is 11.3 Å². The van der Waals surface area contributed by atoms with Crippen LogP contribution in [-0.4, -0.2) is 30.6 Å². The number of thiazole rings is 1. The Morgan fingerprint density at radius 1 is 1.47 bits per heavy atom. The van der Waals surface area contributed by atoms with Gasteiger partial charge in [0.25, 0.3) is 0 Å². The summed E-state index contributed by atoms with van der Waals surface area (Å²) in [6.45, 7) is 4.13. The Labute approximate surface area is 105 Å². The Balaban J connectivity index is 2.14. The largest absolute Gasteiger partial charge is 0.462 e. The molecule has 0 bridgehead atoms. The van der Waals surface area contributed by atoms with Gasteiger partial charge >= 0.3 is 5.97 Å². The van der Waals surface area contributed by atoms with Crippen LogP contribution in [0.2, 0.25) is 0 Å². The number of esters is 1. The van der Waals surface area contributed by atoms with Crippen LogP contribution >= 0.6 is 11.3 Å². The normalized spacial score (nSPS) is 15.9. The van der Waals surface area contributed by atoms with Crippen LogP contribution in [0.3, 0.4) is 0 Å². The number of carbonyl (C=O) groups excluding carboxylic acids is 1. The molecule has 1 aromatic rings. The van der Waals surface area contributed by atoms with Gasteiger partial charge in [-0.3, -0.25) is 0 Å². The maximum atomic E-state index is 11.6. The van der Waals surface area contributed by atoms with Crippen molar-refractivity contribution in [3.05, 3.63) is 4.88 Å². The second-order valence-corrected chi connectivity index (χ2v) is 4.96. The van der Waals surface area contributed by atoms with E-state index in [2.05, 4.69) is 9.88 Å². The van der Waals surface area contributed by atoms with Gasteiger partial charge in [-0.25, -0.2) is 9.78 Å². The minimum Gasteiger partial charge on any atom is -0.462 e. The summed E-state index contributed by atoms with van der Waals surface area (Å²) in [6, 6.07) is 0. The molecule has 1 aromatic heterocycles. The molecule has 0 aliphatic carbocycles. The second kappa shape index (κ2) is 5.35. The number of anilines is 2. The molecule has 2 rings (SSSR count). The third-order valence-corrected chi connectivity index (χ3v) is 3.84. The standard InChI is InChI=1S/C11H17N3O2S/c1-2-16-10(15)8-9(12)13-11(17-8)14-6-4-3-5-7-14/h2-7,12H2,1H3. The highest BCUT2D eigenvalue weighted by Gasteiger charge is 2.21. The number of nitrogens with zero attached hydrogens (tertiary/aromatic N) is 2. The maximum Gasteiger partial charge on any atom is 0.352 e. The number of ether oxygens (including phenoxy) is 1. The molecule has 1 aliphatic heterocycles. The molecule has 2 heterocycles. The molecular weight excluding hydrogens is 238 g/mol. The van der Waals surface area contributed by atoms with Crippen LogP contribution in [0.4, 0.5) is 10.9 Å². The van der Waals surface area contributed by atoms with Crippen molar-refractivity contribution in [2.24, 2.45) is 0 Å². The van der Waals surface area contributed by atoms with E-state index in [1.807, 2.05) is 0 Å². The van der Waals surface area contributed by atoms with Gasteiger partial charge in [-0.2, -0.15) is 0 Å². The molecular formula is C11H17N3O2S. The average molecular weight is 255 g/mol. The molecule has 2 N–H and O–H groups in total. The van der Waals surface area contributed by atoms with Crippen LogP contribution in [0, 0.1) is 0 Å². The predicted octanol–water partition coefficient (Wildman–Crippen LogP) is 1.89. The summed E-state index contributed by atoms with van der Waals surface area (Å²) < 4.78 is 4.94. The van der Waals surface area contributed by atoms with Crippen LogP contribution in [0.1, 0.15) is 35.9 Å². The first kappa shape index (κ1) is 12.2. The summed E-state index contributed by atoms with van der Waals surface area (Å²) in [7, 11) is 0. The summed E-state index contributed by atoms with van der Waals surface area (Å²) in [4.78, 5) is 18.5. The summed E-state index contributed by atoms with van der Waals surface area (Å²) >= 11 is 1.33. The van der Waals surface area contributed by atoms with Crippen molar-refractivity contribution >= 4 is 28.3 Å². The van der Waals surface area contributed by atoms with Crippen LogP contribution in [-0.2, 0) is 4.74 Å². The lowest BCUT2D eigenvalue weighted by Gasteiger charge is -2.25. The predicted molar refractivity (Wildman–Crippen MR) is 68.5 cm³/mol. The Morgan fingerprint density at radius 2 is 2.18 bits per heavy atom. The lowest BCUT2D eigenvalue weighted by Crippen LogP contribution is -2.29. The number of nitrogens with two attached hydrogens (primary N) is 1. The fraction of sp³-hybridized carbons (Fsp3) is 0.636. The smallest absolute Gasteiger partial charge is 0.352 e. The first-order chi connectivity index (χ1) is 8.22. The third-order valence-electron chi connectivity index (χ3n) is 2.73. The van der Waals surface area contributed by atoms with Gasteiger partial charge in [0.1, 0.15) is 0 Å². The Hall–Kier alpha value is -1.30. The summed E-state index contributed by atoms with van der Waals surface area (Å²) in [5.74, 6) is -0.0835. The van der Waals surface area contributed by atoms with E-state index in [1.165, 1.54) is 30.6 Å². The number of hydrogen-bond donors (Lipinski definition) is 1. The van der Waals surface area contributed by atoms with Gasteiger partial charge < -0.3 is 15.4 Å². The molecule has 0 saturated carbocycles. The van der Waals surface area contributed by atoms with E-state index in [1.54, 1.807) is 6.92 Å². The van der Waals surface area contributed by atoms with Gasteiger partial charge in [-0.15, -0.1) is 0 Å². The van der Waals surface area contributed by atoms with Crippen molar-refractivity contribution in [1.82, 2.24) is 4.98 Å². The van der Waals surface area contributed by atoms with Gasteiger partial charge in [0.15, 0.2) is 15.8 Å². The van der Waals surface area contributed by atoms with E-state index < -0.39 is 0 Å². The molecule has 0 atom stereocenters. The number of rotatable bonds is 3. The molecule has 17 heavy (non-hydrogen) atoms. The highest BCUT2D eigenvalue weighted by atomic mass is 32.1. The van der Waals surface area contributed by atoms with Crippen LogP contribution in [0.25, 0.3) is 0 Å². The molecule has 6 heteroatoms. The van der Waals surface area contributed by atoms with E-state index in [4.69, 9.17) is 10.5 Å². The second-order valence-electron chi connectivity index (χ2n) is 3.98. The average Bonchev–Trinajstić information content (AvgIpc) is 2.73. The van der Waals surface area contributed by atoms with Crippen molar-refractivity contribution in [2.45, 2.75) is 26.2 Å². The molecule has 0 radical (unpaired) electrons. The van der Waals surface area contributed by atoms with Crippen molar-refractivity contribution in [3.63, 3.8) is 0 Å². The number of carbonyl (C=O) groups is 1. The van der Waals surface area contributed by atoms with Crippen molar-refractivity contribution in [3.8, 4) is 0 Å². The summed E-state index contributed by atoms with van der Waals surface area (Å²) in [5, 5.41) is 0.838.